The molecule has 0 saturated carbocycles. The first kappa shape index (κ1) is 16.1. The third kappa shape index (κ3) is 3.61. The molecule has 1 N–H and O–H groups in total. The molecular formula is C16H17NO4S2. The van der Waals surface area contributed by atoms with Gasteiger partial charge in [0.2, 0.25) is 0 Å². The van der Waals surface area contributed by atoms with Crippen molar-refractivity contribution in [3.63, 3.8) is 0 Å². The molecule has 3 rings (SSSR count). The number of hydrogen-bond donors (Lipinski definition) is 1. The summed E-state index contributed by atoms with van der Waals surface area (Å²) in [6.07, 6.45) is -0.00560. The number of aliphatic carboxylic acids is 1. The van der Waals surface area contributed by atoms with Crippen molar-refractivity contribution in [2.75, 3.05) is 18.1 Å². The minimum absolute atomic E-state index is 0.00560. The van der Waals surface area contributed by atoms with E-state index in [0.717, 1.165) is 22.2 Å². The molecule has 1 saturated heterocycles. The Hall–Kier alpha value is -1.73. The number of rotatable bonds is 4. The SMILES string of the molecule is Cc1ccc(-c2ccc(C(=O)N3CCSCC3CC(=O)O)s2)o1. The first-order valence-electron chi connectivity index (χ1n) is 7.32. The van der Waals surface area contributed by atoms with Crippen molar-refractivity contribution < 1.29 is 19.1 Å². The largest absolute Gasteiger partial charge is 0.481 e. The van der Waals surface area contributed by atoms with Crippen LogP contribution in [0, 0.1) is 6.92 Å². The van der Waals surface area contributed by atoms with Gasteiger partial charge in [0.15, 0.2) is 0 Å². The summed E-state index contributed by atoms with van der Waals surface area (Å²) in [5, 5.41) is 9.03. The fourth-order valence-electron chi connectivity index (χ4n) is 2.59. The van der Waals surface area contributed by atoms with E-state index in [1.54, 1.807) is 22.7 Å². The van der Waals surface area contributed by atoms with Crippen LogP contribution in [0.1, 0.15) is 21.9 Å². The van der Waals surface area contributed by atoms with Crippen LogP contribution in [0.2, 0.25) is 0 Å². The van der Waals surface area contributed by atoms with E-state index in [9.17, 15) is 9.59 Å². The molecule has 1 fully saturated rings. The zero-order chi connectivity index (χ0) is 16.4. The van der Waals surface area contributed by atoms with Crippen LogP contribution in [0.3, 0.4) is 0 Å². The van der Waals surface area contributed by atoms with Crippen LogP contribution in [-0.2, 0) is 4.79 Å². The molecule has 5 nitrogen and oxygen atoms in total. The van der Waals surface area contributed by atoms with Gasteiger partial charge in [0, 0.05) is 18.1 Å². The van der Waals surface area contributed by atoms with Crippen LogP contribution >= 0.6 is 23.1 Å². The van der Waals surface area contributed by atoms with Crippen LogP contribution in [0.15, 0.2) is 28.7 Å². The van der Waals surface area contributed by atoms with Crippen LogP contribution in [0.5, 0.6) is 0 Å². The number of thioether (sulfide) groups is 1. The highest BCUT2D eigenvalue weighted by atomic mass is 32.2. The topological polar surface area (TPSA) is 70.8 Å². The summed E-state index contributed by atoms with van der Waals surface area (Å²) in [5.41, 5.74) is 0. The molecule has 1 aliphatic heterocycles. The van der Waals surface area contributed by atoms with Gasteiger partial charge >= 0.3 is 5.97 Å². The van der Waals surface area contributed by atoms with Crippen molar-refractivity contribution in [1.82, 2.24) is 4.90 Å². The zero-order valence-corrected chi connectivity index (χ0v) is 14.3. The molecule has 2 aromatic heterocycles. The Kier molecular flexibility index (Phi) is 4.77. The lowest BCUT2D eigenvalue weighted by Crippen LogP contribution is -2.46. The molecule has 0 spiro atoms. The van der Waals surface area contributed by atoms with Crippen LogP contribution in [-0.4, -0.2) is 46.0 Å². The number of nitrogens with zero attached hydrogens (tertiary/aromatic N) is 1. The summed E-state index contributed by atoms with van der Waals surface area (Å²) >= 11 is 3.08. The molecule has 3 heterocycles. The van der Waals surface area contributed by atoms with Gasteiger partial charge in [-0.1, -0.05) is 0 Å². The highest BCUT2D eigenvalue weighted by Crippen LogP contribution is 2.31. The van der Waals surface area contributed by atoms with Gasteiger partial charge in [-0.05, 0) is 31.2 Å². The van der Waals surface area contributed by atoms with Gasteiger partial charge in [0.05, 0.1) is 22.2 Å². The zero-order valence-electron chi connectivity index (χ0n) is 12.7. The lowest BCUT2D eigenvalue weighted by atomic mass is 10.2. The van der Waals surface area contributed by atoms with E-state index >= 15 is 0 Å². The number of hydrogen-bond acceptors (Lipinski definition) is 5. The maximum Gasteiger partial charge on any atom is 0.305 e. The van der Waals surface area contributed by atoms with Gasteiger partial charge in [-0.15, -0.1) is 11.3 Å². The Morgan fingerprint density at radius 1 is 1.35 bits per heavy atom. The summed E-state index contributed by atoms with van der Waals surface area (Å²) < 4.78 is 5.59. The molecule has 1 aliphatic rings. The number of carbonyl (C=O) groups is 2. The van der Waals surface area contributed by atoms with Crippen molar-refractivity contribution in [3.05, 3.63) is 34.9 Å². The number of aryl methyl sites for hydroxylation is 1. The second-order valence-corrected chi connectivity index (χ2v) is 7.63. The molecule has 2 aromatic rings. The maximum atomic E-state index is 12.7. The average molecular weight is 351 g/mol. The Bertz CT molecular complexity index is 721. The number of amides is 1. The first-order valence-corrected chi connectivity index (χ1v) is 9.29. The molecule has 122 valence electrons. The van der Waals surface area contributed by atoms with Gasteiger partial charge in [-0.2, -0.15) is 11.8 Å². The summed E-state index contributed by atoms with van der Waals surface area (Å²) in [7, 11) is 0. The lowest BCUT2D eigenvalue weighted by Gasteiger charge is -2.34. The number of furan rings is 1. The summed E-state index contributed by atoms with van der Waals surface area (Å²) in [5.74, 6) is 2.15. The van der Waals surface area contributed by atoms with E-state index in [-0.39, 0.29) is 18.4 Å². The molecule has 23 heavy (non-hydrogen) atoms. The quantitative estimate of drug-likeness (QED) is 0.915. The minimum atomic E-state index is -0.867. The van der Waals surface area contributed by atoms with E-state index in [2.05, 4.69) is 0 Å². The van der Waals surface area contributed by atoms with Crippen molar-refractivity contribution in [3.8, 4) is 10.6 Å². The van der Waals surface area contributed by atoms with Crippen molar-refractivity contribution >= 4 is 35.0 Å². The molecule has 1 amide bonds. The van der Waals surface area contributed by atoms with E-state index < -0.39 is 5.97 Å². The smallest absolute Gasteiger partial charge is 0.305 e. The third-order valence-corrected chi connectivity index (χ3v) is 5.88. The van der Waals surface area contributed by atoms with Crippen LogP contribution in [0.25, 0.3) is 10.6 Å². The van der Waals surface area contributed by atoms with Gasteiger partial charge in [-0.25, -0.2) is 0 Å². The van der Waals surface area contributed by atoms with E-state index in [1.165, 1.54) is 11.3 Å². The predicted molar refractivity (Wildman–Crippen MR) is 91.2 cm³/mol. The Labute approximate surface area is 142 Å². The summed E-state index contributed by atoms with van der Waals surface area (Å²) in [6.45, 7) is 2.47. The number of thiophene rings is 1. The molecule has 0 aliphatic carbocycles. The van der Waals surface area contributed by atoms with Gasteiger partial charge in [-0.3, -0.25) is 9.59 Å². The highest BCUT2D eigenvalue weighted by molar-refractivity contribution is 7.99. The third-order valence-electron chi connectivity index (χ3n) is 3.70. The number of carbonyl (C=O) groups excluding carboxylic acids is 1. The molecule has 0 radical (unpaired) electrons. The fourth-order valence-corrected chi connectivity index (χ4v) is 4.57. The molecule has 1 atom stereocenters. The van der Waals surface area contributed by atoms with Crippen LogP contribution in [0.4, 0.5) is 0 Å². The van der Waals surface area contributed by atoms with Gasteiger partial charge < -0.3 is 14.4 Å². The van der Waals surface area contributed by atoms with Gasteiger partial charge in [0.25, 0.3) is 5.91 Å². The second kappa shape index (κ2) is 6.80. The number of carboxylic acid groups (broad SMARTS) is 1. The first-order chi connectivity index (χ1) is 11.0. The fraction of sp³-hybridized carbons (Fsp3) is 0.375. The molecular weight excluding hydrogens is 334 g/mol. The highest BCUT2D eigenvalue weighted by Gasteiger charge is 2.30. The van der Waals surface area contributed by atoms with Crippen molar-refractivity contribution in [1.29, 1.82) is 0 Å². The standard InChI is InChI=1S/C16H17NO4S2/c1-10-2-3-12(21-10)13-4-5-14(23-13)16(20)17-6-7-22-9-11(17)8-15(18)19/h2-5,11H,6-9H2,1H3,(H,18,19). The van der Waals surface area contributed by atoms with E-state index in [0.29, 0.717) is 17.2 Å². The molecule has 0 aromatic carbocycles. The lowest BCUT2D eigenvalue weighted by molar-refractivity contribution is -0.138. The summed E-state index contributed by atoms with van der Waals surface area (Å²) in [4.78, 5) is 27.0. The van der Waals surface area contributed by atoms with Crippen molar-refractivity contribution in [2.45, 2.75) is 19.4 Å². The second-order valence-electron chi connectivity index (χ2n) is 5.40. The monoisotopic (exact) mass is 351 g/mol. The molecule has 1 unspecified atom stereocenters. The van der Waals surface area contributed by atoms with Gasteiger partial charge in [0.1, 0.15) is 11.5 Å². The Morgan fingerprint density at radius 3 is 2.87 bits per heavy atom. The summed E-state index contributed by atoms with van der Waals surface area (Å²) in [6, 6.07) is 7.21. The van der Waals surface area contributed by atoms with E-state index in [1.807, 2.05) is 25.1 Å². The van der Waals surface area contributed by atoms with E-state index in [4.69, 9.17) is 9.52 Å². The molecule has 0 bridgehead atoms. The average Bonchev–Trinajstić information content (AvgIpc) is 3.15. The Balaban J connectivity index is 1.79. The van der Waals surface area contributed by atoms with Crippen LogP contribution < -0.4 is 0 Å². The molecule has 7 heteroatoms. The minimum Gasteiger partial charge on any atom is -0.481 e. The normalized spacial score (nSPS) is 18.1. The Morgan fingerprint density at radius 2 is 2.17 bits per heavy atom. The maximum absolute atomic E-state index is 12.7. The number of carboxylic acids is 1. The predicted octanol–water partition coefficient (Wildman–Crippen LogP) is 3.35. The van der Waals surface area contributed by atoms with Crippen molar-refractivity contribution in [2.24, 2.45) is 0 Å².